The van der Waals surface area contributed by atoms with E-state index in [9.17, 15) is 34.8 Å². The van der Waals surface area contributed by atoms with E-state index >= 15 is 0 Å². The van der Waals surface area contributed by atoms with Crippen molar-refractivity contribution in [3.05, 3.63) is 58.4 Å². The molecule has 0 bridgehead atoms. The number of para-hydroxylation sites is 1. The summed E-state index contributed by atoms with van der Waals surface area (Å²) in [5.41, 5.74) is 1.93. The van der Waals surface area contributed by atoms with Crippen LogP contribution in [0.3, 0.4) is 0 Å². The number of thiophene rings is 1. The van der Waals surface area contributed by atoms with Crippen molar-refractivity contribution in [3.8, 4) is 10.7 Å². The lowest BCUT2D eigenvalue weighted by molar-refractivity contribution is -0.226. The van der Waals surface area contributed by atoms with Crippen LogP contribution in [0.25, 0.3) is 21.6 Å². The highest BCUT2D eigenvalue weighted by Gasteiger charge is 2.46. The second-order valence-corrected chi connectivity index (χ2v) is 16.7. The standard InChI is InChI=1S/C27H30F3N5O6S4/c1-3-44(37,38)34-11-9-33(10-12-34)17-21-16-31-25(43-21)22-15-20-7-4-6-19(24(20)32-22)14-18(2)35(41-26(36)27(28,29)30)45(39,40)23-8-5-13-42-23/h4-8,13,15-16,18,32H,3,9-12,14,17H2,1-2H3. The Morgan fingerprint density at radius 2 is 1.87 bits per heavy atom. The number of rotatable bonds is 11. The van der Waals surface area contributed by atoms with E-state index in [1.165, 1.54) is 40.1 Å². The summed E-state index contributed by atoms with van der Waals surface area (Å²) in [5.74, 6) is -2.56. The molecule has 5 rings (SSSR count). The minimum Gasteiger partial charge on any atom is -0.352 e. The Hall–Kier alpha value is -2.87. The lowest BCUT2D eigenvalue weighted by atomic mass is 10.1. The molecule has 45 heavy (non-hydrogen) atoms. The number of nitrogens with zero attached hydrogens (tertiary/aromatic N) is 4. The van der Waals surface area contributed by atoms with Crippen molar-refractivity contribution in [2.24, 2.45) is 0 Å². The molecule has 0 saturated carbocycles. The first-order valence-corrected chi connectivity index (χ1v) is 18.6. The van der Waals surface area contributed by atoms with Crippen LogP contribution in [0.4, 0.5) is 13.2 Å². The minimum atomic E-state index is -5.39. The van der Waals surface area contributed by atoms with Crippen LogP contribution >= 0.6 is 22.7 Å². The Labute approximate surface area is 266 Å². The summed E-state index contributed by atoms with van der Waals surface area (Å²) >= 11 is 2.27. The summed E-state index contributed by atoms with van der Waals surface area (Å²) in [5, 5.41) is 2.93. The van der Waals surface area contributed by atoms with Crippen molar-refractivity contribution in [1.29, 1.82) is 0 Å². The van der Waals surface area contributed by atoms with Gasteiger partial charge in [-0.3, -0.25) is 4.90 Å². The van der Waals surface area contributed by atoms with Gasteiger partial charge in [0.1, 0.15) is 9.22 Å². The predicted octanol–water partition coefficient (Wildman–Crippen LogP) is 4.46. The van der Waals surface area contributed by atoms with Gasteiger partial charge < -0.3 is 9.82 Å². The quantitative estimate of drug-likeness (QED) is 0.226. The van der Waals surface area contributed by atoms with E-state index in [2.05, 4.69) is 19.7 Å². The van der Waals surface area contributed by atoms with E-state index in [1.54, 1.807) is 25.3 Å². The number of sulfonamides is 2. The zero-order valence-electron chi connectivity index (χ0n) is 24.2. The van der Waals surface area contributed by atoms with Crippen LogP contribution in [0.1, 0.15) is 24.3 Å². The fourth-order valence-electron chi connectivity index (χ4n) is 4.98. The fourth-order valence-corrected chi connectivity index (χ4v) is 9.45. The normalized spacial score (nSPS) is 16.4. The molecule has 0 aliphatic carbocycles. The van der Waals surface area contributed by atoms with Gasteiger partial charge in [0.25, 0.3) is 10.0 Å². The number of nitrogens with one attached hydrogen (secondary N) is 1. The molecular formula is C27H30F3N5O6S4. The van der Waals surface area contributed by atoms with Gasteiger partial charge in [0.2, 0.25) is 10.0 Å². The Morgan fingerprint density at radius 3 is 2.51 bits per heavy atom. The van der Waals surface area contributed by atoms with Gasteiger partial charge in [-0.25, -0.2) is 26.6 Å². The molecule has 18 heteroatoms. The lowest BCUT2D eigenvalue weighted by Gasteiger charge is -2.33. The van der Waals surface area contributed by atoms with Gasteiger partial charge in [-0.2, -0.15) is 17.5 Å². The van der Waals surface area contributed by atoms with Gasteiger partial charge in [0.15, 0.2) is 0 Å². The zero-order valence-corrected chi connectivity index (χ0v) is 27.4. The average Bonchev–Trinajstić information content (AvgIpc) is 3.77. The van der Waals surface area contributed by atoms with Crippen LogP contribution in [-0.2, 0) is 42.6 Å². The molecule has 1 aliphatic rings. The van der Waals surface area contributed by atoms with Crippen LogP contribution < -0.4 is 0 Å². The molecule has 244 valence electrons. The molecule has 0 spiro atoms. The number of alkyl halides is 3. The van der Waals surface area contributed by atoms with Gasteiger partial charge in [-0.15, -0.1) is 22.7 Å². The van der Waals surface area contributed by atoms with Gasteiger partial charge in [-0.1, -0.05) is 24.3 Å². The van der Waals surface area contributed by atoms with Gasteiger partial charge in [0.05, 0.1) is 17.5 Å². The summed E-state index contributed by atoms with van der Waals surface area (Å²) in [6.07, 6.45) is -3.70. The predicted molar refractivity (Wildman–Crippen MR) is 164 cm³/mol. The number of hydrogen-bond donors (Lipinski definition) is 1. The first kappa shape index (κ1) is 33.5. The van der Waals surface area contributed by atoms with E-state index in [1.807, 2.05) is 12.1 Å². The number of carbonyl (C=O) groups excluding carboxylic acids is 1. The molecule has 4 aromatic rings. The molecule has 0 radical (unpaired) electrons. The second kappa shape index (κ2) is 13.1. The molecule has 1 unspecified atom stereocenters. The third-order valence-corrected chi connectivity index (χ3v) is 13.3. The molecular weight excluding hydrogens is 676 g/mol. The highest BCUT2D eigenvalue weighted by atomic mass is 32.2. The highest BCUT2D eigenvalue weighted by molar-refractivity contribution is 7.91. The van der Waals surface area contributed by atoms with Crippen molar-refractivity contribution in [3.63, 3.8) is 0 Å². The van der Waals surface area contributed by atoms with Gasteiger partial charge in [0, 0.05) is 54.7 Å². The first-order chi connectivity index (χ1) is 21.2. The number of fused-ring (bicyclic) bond motifs is 1. The Balaban J connectivity index is 1.33. The van der Waals surface area contributed by atoms with E-state index < -0.39 is 38.2 Å². The number of hydrogen-bond acceptors (Lipinski definition) is 10. The van der Waals surface area contributed by atoms with Crippen LogP contribution in [0, 0.1) is 0 Å². The molecule has 1 saturated heterocycles. The van der Waals surface area contributed by atoms with Gasteiger partial charge in [-0.05, 0) is 47.8 Å². The SMILES string of the molecule is CCS(=O)(=O)N1CCN(Cc2cnc(-c3cc4cccc(CC(C)N(OC(=O)C(F)(F)F)S(=O)(=O)c5cccs5)c4[nH]3)s2)CC1. The maximum absolute atomic E-state index is 13.2. The third-order valence-electron chi connectivity index (χ3n) is 7.26. The van der Waals surface area contributed by atoms with Crippen molar-refractivity contribution < 1.29 is 39.6 Å². The number of halogens is 3. The summed E-state index contributed by atoms with van der Waals surface area (Å²) in [6, 6.07) is 8.63. The first-order valence-electron chi connectivity index (χ1n) is 13.8. The number of benzene rings is 1. The van der Waals surface area contributed by atoms with Crippen LogP contribution in [0.5, 0.6) is 0 Å². The summed E-state index contributed by atoms with van der Waals surface area (Å²) in [7, 11) is -7.80. The lowest BCUT2D eigenvalue weighted by Crippen LogP contribution is -2.48. The number of carbonyl (C=O) groups is 1. The largest absolute Gasteiger partial charge is 0.492 e. The van der Waals surface area contributed by atoms with Crippen LogP contribution in [0.2, 0.25) is 0 Å². The third kappa shape index (κ3) is 7.42. The summed E-state index contributed by atoms with van der Waals surface area (Å²) < 4.78 is 91.3. The topological polar surface area (TPSA) is 133 Å². The Bertz CT molecular complexity index is 1870. The summed E-state index contributed by atoms with van der Waals surface area (Å²) in [4.78, 5) is 27.2. The van der Waals surface area contributed by atoms with E-state index in [0.717, 1.165) is 21.6 Å². The van der Waals surface area contributed by atoms with Crippen molar-refractivity contribution in [1.82, 2.24) is 23.6 Å². The van der Waals surface area contributed by atoms with Crippen molar-refractivity contribution in [2.45, 2.75) is 43.2 Å². The Kier molecular flexibility index (Phi) is 9.74. The minimum absolute atomic E-state index is 0.0735. The number of H-pyrrole nitrogens is 1. The zero-order chi connectivity index (χ0) is 32.6. The van der Waals surface area contributed by atoms with E-state index in [4.69, 9.17) is 0 Å². The highest BCUT2D eigenvalue weighted by Crippen LogP contribution is 2.32. The molecule has 11 nitrogen and oxygen atoms in total. The van der Waals surface area contributed by atoms with Crippen molar-refractivity contribution in [2.75, 3.05) is 31.9 Å². The second-order valence-electron chi connectivity index (χ2n) is 10.4. The van der Waals surface area contributed by atoms with Crippen molar-refractivity contribution >= 4 is 59.6 Å². The maximum atomic E-state index is 13.2. The molecule has 0 amide bonds. The molecule has 1 aromatic carbocycles. The number of piperazine rings is 1. The fraction of sp³-hybridized carbons (Fsp3) is 0.407. The molecule has 1 N–H and O–H groups in total. The molecule has 3 aromatic heterocycles. The smallest absolute Gasteiger partial charge is 0.352 e. The van der Waals surface area contributed by atoms with E-state index in [0.29, 0.717) is 54.5 Å². The molecule has 1 fully saturated rings. The van der Waals surface area contributed by atoms with E-state index in [-0.39, 0.29) is 20.9 Å². The summed E-state index contributed by atoms with van der Waals surface area (Å²) in [6.45, 7) is 5.71. The number of aromatic nitrogens is 2. The average molecular weight is 706 g/mol. The number of thiazole rings is 1. The van der Waals surface area contributed by atoms with Crippen LogP contribution in [0.15, 0.2) is 52.2 Å². The van der Waals surface area contributed by atoms with Gasteiger partial charge >= 0.3 is 12.1 Å². The number of hydroxylamine groups is 1. The molecule has 1 aliphatic heterocycles. The number of aromatic amines is 1. The molecule has 4 heterocycles. The van der Waals surface area contributed by atoms with Crippen LogP contribution in [-0.4, -0.2) is 90.6 Å². The Morgan fingerprint density at radius 1 is 1.13 bits per heavy atom. The molecule has 1 atom stereocenters. The monoisotopic (exact) mass is 705 g/mol. The maximum Gasteiger partial charge on any atom is 0.492 e.